The Morgan fingerprint density at radius 1 is 0.649 bits per heavy atom. The lowest BCUT2D eigenvalue weighted by molar-refractivity contribution is -0.121. The molecular formula is C31H44Br2N2O2. The zero-order valence-electron chi connectivity index (χ0n) is 23.1. The van der Waals surface area contributed by atoms with E-state index in [9.17, 15) is 9.59 Å². The van der Waals surface area contributed by atoms with Crippen LogP contribution in [0.15, 0.2) is 57.5 Å². The zero-order chi connectivity index (χ0) is 27.3. The van der Waals surface area contributed by atoms with Crippen LogP contribution < -0.4 is 9.80 Å². The van der Waals surface area contributed by atoms with E-state index in [-0.39, 0.29) is 11.8 Å². The van der Waals surface area contributed by atoms with E-state index in [1.54, 1.807) is 0 Å². The lowest BCUT2D eigenvalue weighted by Crippen LogP contribution is -2.61. The maximum Gasteiger partial charge on any atom is 0.228 e. The molecule has 37 heavy (non-hydrogen) atoms. The van der Waals surface area contributed by atoms with Crippen molar-refractivity contribution in [3.8, 4) is 0 Å². The second kappa shape index (κ2) is 16.3. The molecule has 0 fully saturated rings. The standard InChI is InChI=1S/C31H44Br2N2O2/c1-5-7-9-11-13-21-29(36)34(27-19-15-17-25(32)23-27)31(3,4)35(28-20-16-18-26(33)24-28)30(37)22-14-12-10-8-6-2/h15-20,23-24H,5-14,21-22H2,1-4H3. The molecule has 2 aromatic carbocycles. The first kappa shape index (κ1) is 31.6. The van der Waals surface area contributed by atoms with E-state index in [1.165, 1.54) is 25.7 Å². The van der Waals surface area contributed by atoms with Gasteiger partial charge in [0, 0.05) is 33.2 Å². The molecule has 2 rings (SSSR count). The van der Waals surface area contributed by atoms with Crippen LogP contribution in [0.1, 0.15) is 105 Å². The summed E-state index contributed by atoms with van der Waals surface area (Å²) in [6, 6.07) is 15.6. The molecule has 0 aliphatic carbocycles. The SMILES string of the molecule is CCCCCCCC(=O)N(c1cccc(Br)c1)C(C)(C)N(C(=O)CCCCCCC)c1cccc(Br)c1. The fraction of sp³-hybridized carbons (Fsp3) is 0.548. The van der Waals surface area contributed by atoms with Gasteiger partial charge in [-0.2, -0.15) is 0 Å². The van der Waals surface area contributed by atoms with Gasteiger partial charge in [-0.15, -0.1) is 0 Å². The van der Waals surface area contributed by atoms with Gasteiger partial charge < -0.3 is 0 Å². The van der Waals surface area contributed by atoms with E-state index in [1.807, 2.05) is 72.2 Å². The van der Waals surface area contributed by atoms with Crippen molar-refractivity contribution in [3.63, 3.8) is 0 Å². The number of amides is 2. The molecule has 0 unspecified atom stereocenters. The molecule has 0 heterocycles. The number of benzene rings is 2. The molecule has 2 aromatic rings. The van der Waals surface area contributed by atoms with Crippen LogP contribution in [0.2, 0.25) is 0 Å². The lowest BCUT2D eigenvalue weighted by atomic mass is 10.0. The third kappa shape index (κ3) is 9.86. The van der Waals surface area contributed by atoms with E-state index in [2.05, 4.69) is 45.7 Å². The molecule has 6 heteroatoms. The van der Waals surface area contributed by atoms with Gasteiger partial charge in [0.05, 0.1) is 0 Å². The molecule has 0 bridgehead atoms. The number of rotatable bonds is 16. The van der Waals surface area contributed by atoms with Gasteiger partial charge in [0.25, 0.3) is 0 Å². The summed E-state index contributed by atoms with van der Waals surface area (Å²) in [6.45, 7) is 8.36. The predicted molar refractivity (Wildman–Crippen MR) is 164 cm³/mol. The average molecular weight is 637 g/mol. The quantitative estimate of drug-likeness (QED) is 0.136. The van der Waals surface area contributed by atoms with E-state index in [4.69, 9.17) is 0 Å². The van der Waals surface area contributed by atoms with Crippen LogP contribution in [0, 0.1) is 0 Å². The number of halogens is 2. The minimum atomic E-state index is -0.914. The number of hydrogen-bond donors (Lipinski definition) is 0. The van der Waals surface area contributed by atoms with Crippen molar-refractivity contribution in [1.29, 1.82) is 0 Å². The van der Waals surface area contributed by atoms with Gasteiger partial charge in [0.2, 0.25) is 11.8 Å². The maximum absolute atomic E-state index is 13.9. The Morgan fingerprint density at radius 2 is 1.03 bits per heavy atom. The molecular weight excluding hydrogens is 592 g/mol. The molecule has 0 radical (unpaired) electrons. The number of carbonyl (C=O) groups is 2. The summed E-state index contributed by atoms with van der Waals surface area (Å²) in [4.78, 5) is 31.4. The van der Waals surface area contributed by atoms with Gasteiger partial charge >= 0.3 is 0 Å². The van der Waals surface area contributed by atoms with Crippen molar-refractivity contribution in [2.45, 2.75) is 110 Å². The molecule has 0 aliphatic rings. The summed E-state index contributed by atoms with van der Waals surface area (Å²) >= 11 is 7.16. The normalized spacial score (nSPS) is 11.4. The summed E-state index contributed by atoms with van der Waals surface area (Å²) in [5.74, 6) is 0.0747. The molecule has 4 nitrogen and oxygen atoms in total. The molecule has 204 valence electrons. The molecule has 0 aromatic heterocycles. The van der Waals surface area contributed by atoms with E-state index in [0.717, 1.165) is 58.8 Å². The highest BCUT2D eigenvalue weighted by Gasteiger charge is 2.40. The van der Waals surface area contributed by atoms with Crippen LogP contribution >= 0.6 is 31.9 Å². The smallest absolute Gasteiger partial charge is 0.228 e. The Bertz CT molecular complexity index is 915. The molecule has 2 amide bonds. The number of anilines is 2. The number of nitrogens with zero attached hydrogens (tertiary/aromatic N) is 2. The van der Waals surface area contributed by atoms with Crippen LogP contribution in [0.4, 0.5) is 11.4 Å². The van der Waals surface area contributed by atoms with E-state index in [0.29, 0.717) is 12.8 Å². The molecule has 0 aliphatic heterocycles. The lowest BCUT2D eigenvalue weighted by Gasteiger charge is -2.47. The number of carbonyl (C=O) groups excluding carboxylic acids is 2. The molecule has 0 N–H and O–H groups in total. The highest BCUT2D eigenvalue weighted by Crippen LogP contribution is 2.35. The minimum absolute atomic E-state index is 0.0374. The van der Waals surface area contributed by atoms with Crippen LogP contribution in [0.3, 0.4) is 0 Å². The summed E-state index contributed by atoms with van der Waals surface area (Å²) in [7, 11) is 0. The minimum Gasteiger partial charge on any atom is -0.289 e. The Morgan fingerprint density at radius 3 is 1.38 bits per heavy atom. The zero-order valence-corrected chi connectivity index (χ0v) is 26.2. The van der Waals surface area contributed by atoms with Crippen LogP contribution in [-0.2, 0) is 9.59 Å². The van der Waals surface area contributed by atoms with Gasteiger partial charge in [-0.3, -0.25) is 19.4 Å². The van der Waals surface area contributed by atoms with Crippen molar-refractivity contribution in [3.05, 3.63) is 57.5 Å². The highest BCUT2D eigenvalue weighted by molar-refractivity contribution is 9.10. The second-order valence-corrected chi connectivity index (χ2v) is 12.1. The Balaban J connectivity index is 2.43. The average Bonchev–Trinajstić information content (AvgIpc) is 2.84. The Labute approximate surface area is 241 Å². The summed E-state index contributed by atoms with van der Waals surface area (Å²) in [5, 5.41) is 0. The maximum atomic E-state index is 13.9. The van der Waals surface area contributed by atoms with Crippen LogP contribution in [0.5, 0.6) is 0 Å². The predicted octanol–water partition coefficient (Wildman–Crippen LogP) is 10.0. The fourth-order valence-corrected chi connectivity index (χ4v) is 5.62. The Hall–Kier alpha value is -1.66. The molecule has 0 spiro atoms. The van der Waals surface area contributed by atoms with Crippen LogP contribution in [-0.4, -0.2) is 17.5 Å². The molecule has 0 saturated carbocycles. The monoisotopic (exact) mass is 634 g/mol. The van der Waals surface area contributed by atoms with E-state index < -0.39 is 5.66 Å². The summed E-state index contributed by atoms with van der Waals surface area (Å²) < 4.78 is 1.80. The largest absolute Gasteiger partial charge is 0.289 e. The van der Waals surface area contributed by atoms with Gasteiger partial charge in [0.1, 0.15) is 5.66 Å². The van der Waals surface area contributed by atoms with Crippen molar-refractivity contribution in [1.82, 2.24) is 0 Å². The third-order valence-electron chi connectivity index (χ3n) is 6.71. The van der Waals surface area contributed by atoms with Crippen molar-refractivity contribution >= 4 is 55.0 Å². The molecule has 0 atom stereocenters. The van der Waals surface area contributed by atoms with Crippen molar-refractivity contribution in [2.24, 2.45) is 0 Å². The topological polar surface area (TPSA) is 40.6 Å². The van der Waals surface area contributed by atoms with Gasteiger partial charge in [-0.25, -0.2) is 0 Å². The number of unbranched alkanes of at least 4 members (excludes halogenated alkanes) is 8. The van der Waals surface area contributed by atoms with Gasteiger partial charge in [-0.1, -0.05) is 109 Å². The first-order valence-electron chi connectivity index (χ1n) is 13.9. The first-order chi connectivity index (χ1) is 17.7. The highest BCUT2D eigenvalue weighted by atomic mass is 79.9. The second-order valence-electron chi connectivity index (χ2n) is 10.2. The molecule has 0 saturated heterocycles. The van der Waals surface area contributed by atoms with Crippen molar-refractivity contribution < 1.29 is 9.59 Å². The van der Waals surface area contributed by atoms with Gasteiger partial charge in [0.15, 0.2) is 0 Å². The summed E-state index contributed by atoms with van der Waals surface area (Å²) in [6.07, 6.45) is 11.7. The Kier molecular flexibility index (Phi) is 13.9. The third-order valence-corrected chi connectivity index (χ3v) is 7.70. The summed E-state index contributed by atoms with van der Waals surface area (Å²) in [5.41, 5.74) is 0.658. The van der Waals surface area contributed by atoms with Crippen LogP contribution in [0.25, 0.3) is 0 Å². The van der Waals surface area contributed by atoms with Crippen molar-refractivity contribution in [2.75, 3.05) is 9.80 Å². The van der Waals surface area contributed by atoms with E-state index >= 15 is 0 Å². The first-order valence-corrected chi connectivity index (χ1v) is 15.5. The number of hydrogen-bond acceptors (Lipinski definition) is 2. The van der Waals surface area contributed by atoms with Gasteiger partial charge in [-0.05, 0) is 63.1 Å². The fourth-order valence-electron chi connectivity index (χ4n) is 4.84.